The van der Waals surface area contributed by atoms with Crippen molar-refractivity contribution in [3.8, 4) is 5.75 Å². The Morgan fingerprint density at radius 3 is 3.06 bits per heavy atom. The monoisotopic (exact) mass is 301 g/mol. The molecular weight excluding hydrogens is 290 g/mol. The van der Waals surface area contributed by atoms with E-state index in [1.165, 1.54) is 6.21 Å². The number of aromatic hydroxyl groups is 1. The standard InChI is InChI=1S/C10H12BrN3OS/c1-2-12-10(16)14-13-6-7-5-8(11)3-4-9(7)15/h3-6,15H,2H2,1H3,(H2,12,14,16)/b13-6-. The minimum atomic E-state index is 0.170. The van der Waals surface area contributed by atoms with Crippen LogP contribution in [0.5, 0.6) is 5.75 Å². The van der Waals surface area contributed by atoms with E-state index >= 15 is 0 Å². The predicted molar refractivity (Wildman–Crippen MR) is 72.8 cm³/mol. The van der Waals surface area contributed by atoms with E-state index in [0.29, 0.717) is 10.7 Å². The normalized spacial score (nSPS) is 10.4. The average molecular weight is 302 g/mol. The summed E-state index contributed by atoms with van der Waals surface area (Å²) < 4.78 is 0.876. The second kappa shape index (κ2) is 6.44. The maximum Gasteiger partial charge on any atom is 0.186 e. The Bertz CT molecular complexity index is 409. The Balaban J connectivity index is 2.62. The average Bonchev–Trinajstić information content (AvgIpc) is 2.23. The Morgan fingerprint density at radius 1 is 1.62 bits per heavy atom. The third kappa shape index (κ3) is 4.16. The summed E-state index contributed by atoms with van der Waals surface area (Å²) in [5.74, 6) is 0.170. The highest BCUT2D eigenvalue weighted by atomic mass is 79.9. The Morgan fingerprint density at radius 2 is 2.38 bits per heavy atom. The van der Waals surface area contributed by atoms with Gasteiger partial charge in [-0.1, -0.05) is 15.9 Å². The molecule has 86 valence electrons. The van der Waals surface area contributed by atoms with Gasteiger partial charge in [0.15, 0.2) is 5.11 Å². The molecule has 0 atom stereocenters. The Hall–Kier alpha value is -1.14. The molecule has 0 bridgehead atoms. The summed E-state index contributed by atoms with van der Waals surface area (Å²) in [5, 5.41) is 16.8. The smallest absolute Gasteiger partial charge is 0.186 e. The van der Waals surface area contributed by atoms with Crippen molar-refractivity contribution in [3.05, 3.63) is 28.2 Å². The molecule has 0 aromatic heterocycles. The third-order valence-electron chi connectivity index (χ3n) is 1.70. The third-order valence-corrected chi connectivity index (χ3v) is 2.43. The molecule has 0 aliphatic carbocycles. The number of rotatable bonds is 3. The summed E-state index contributed by atoms with van der Waals surface area (Å²) in [5.41, 5.74) is 3.25. The second-order valence-corrected chi connectivity index (χ2v) is 4.26. The molecule has 0 radical (unpaired) electrons. The lowest BCUT2D eigenvalue weighted by Gasteiger charge is -2.03. The van der Waals surface area contributed by atoms with Crippen LogP contribution in [-0.2, 0) is 0 Å². The number of benzene rings is 1. The summed E-state index contributed by atoms with van der Waals surface area (Å²) in [7, 11) is 0. The van der Waals surface area contributed by atoms with Gasteiger partial charge in [-0.3, -0.25) is 5.43 Å². The molecule has 0 spiro atoms. The van der Waals surface area contributed by atoms with E-state index < -0.39 is 0 Å². The van der Waals surface area contributed by atoms with Crippen LogP contribution in [0.1, 0.15) is 12.5 Å². The first kappa shape index (κ1) is 12.9. The van der Waals surface area contributed by atoms with Crippen molar-refractivity contribution in [2.75, 3.05) is 6.54 Å². The van der Waals surface area contributed by atoms with Gasteiger partial charge in [-0.2, -0.15) is 5.10 Å². The molecule has 0 aliphatic rings. The van der Waals surface area contributed by atoms with E-state index in [9.17, 15) is 5.11 Å². The minimum Gasteiger partial charge on any atom is -0.507 e. The van der Waals surface area contributed by atoms with Gasteiger partial charge in [0.25, 0.3) is 0 Å². The maximum atomic E-state index is 9.52. The molecule has 3 N–H and O–H groups in total. The maximum absolute atomic E-state index is 9.52. The molecule has 1 aromatic carbocycles. The van der Waals surface area contributed by atoms with Crippen molar-refractivity contribution in [1.29, 1.82) is 0 Å². The Labute approximate surface area is 108 Å². The fourth-order valence-electron chi connectivity index (χ4n) is 0.989. The zero-order chi connectivity index (χ0) is 12.0. The van der Waals surface area contributed by atoms with Gasteiger partial charge < -0.3 is 10.4 Å². The number of hydrogen-bond acceptors (Lipinski definition) is 3. The highest BCUT2D eigenvalue weighted by Crippen LogP contribution is 2.19. The van der Waals surface area contributed by atoms with E-state index in [1.54, 1.807) is 18.2 Å². The lowest BCUT2D eigenvalue weighted by molar-refractivity contribution is 0.474. The fourth-order valence-corrected chi connectivity index (χ4v) is 1.57. The van der Waals surface area contributed by atoms with E-state index in [0.717, 1.165) is 11.0 Å². The summed E-state index contributed by atoms with van der Waals surface area (Å²) in [6.07, 6.45) is 1.50. The van der Waals surface area contributed by atoms with Gasteiger partial charge in [-0.25, -0.2) is 0 Å². The Kier molecular flexibility index (Phi) is 5.21. The molecule has 16 heavy (non-hydrogen) atoms. The molecule has 0 amide bonds. The van der Waals surface area contributed by atoms with Crippen LogP contribution < -0.4 is 10.7 Å². The molecule has 6 heteroatoms. The van der Waals surface area contributed by atoms with E-state index in [2.05, 4.69) is 31.8 Å². The molecule has 0 saturated carbocycles. The lowest BCUT2D eigenvalue weighted by Crippen LogP contribution is -2.31. The van der Waals surface area contributed by atoms with Crippen LogP contribution in [-0.4, -0.2) is 23.0 Å². The van der Waals surface area contributed by atoms with Gasteiger partial charge in [-0.15, -0.1) is 0 Å². The van der Waals surface area contributed by atoms with Crippen LogP contribution in [0.4, 0.5) is 0 Å². The molecule has 4 nitrogen and oxygen atoms in total. The molecular formula is C10H12BrN3OS. The number of phenols is 1. The fraction of sp³-hybridized carbons (Fsp3) is 0.200. The summed E-state index contributed by atoms with van der Waals surface area (Å²) in [6, 6.07) is 5.11. The van der Waals surface area contributed by atoms with Crippen LogP contribution in [0.25, 0.3) is 0 Å². The number of hydrogen-bond donors (Lipinski definition) is 3. The van der Waals surface area contributed by atoms with Crippen LogP contribution in [0.15, 0.2) is 27.8 Å². The number of hydrazone groups is 1. The molecule has 1 aromatic rings. The minimum absolute atomic E-state index is 0.170. The van der Waals surface area contributed by atoms with E-state index in [1.807, 2.05) is 6.92 Å². The van der Waals surface area contributed by atoms with E-state index in [4.69, 9.17) is 12.2 Å². The first-order chi connectivity index (χ1) is 7.63. The first-order valence-corrected chi connectivity index (χ1v) is 5.89. The summed E-state index contributed by atoms with van der Waals surface area (Å²) >= 11 is 8.23. The van der Waals surface area contributed by atoms with Crippen molar-refractivity contribution in [2.45, 2.75) is 6.92 Å². The highest BCUT2D eigenvalue weighted by molar-refractivity contribution is 9.10. The molecule has 0 saturated heterocycles. The number of halogens is 1. The van der Waals surface area contributed by atoms with Crippen LogP contribution in [0.3, 0.4) is 0 Å². The van der Waals surface area contributed by atoms with Crippen LogP contribution >= 0.6 is 28.1 Å². The van der Waals surface area contributed by atoms with Gasteiger partial charge in [0.1, 0.15) is 5.75 Å². The highest BCUT2D eigenvalue weighted by Gasteiger charge is 1.98. The van der Waals surface area contributed by atoms with Crippen LogP contribution in [0.2, 0.25) is 0 Å². The number of nitrogens with zero attached hydrogens (tertiary/aromatic N) is 1. The summed E-state index contributed by atoms with van der Waals surface area (Å²) in [4.78, 5) is 0. The topological polar surface area (TPSA) is 56.7 Å². The molecule has 0 heterocycles. The lowest BCUT2D eigenvalue weighted by atomic mass is 10.2. The SMILES string of the molecule is CCNC(=S)N/N=C\c1cc(Br)ccc1O. The predicted octanol–water partition coefficient (Wildman–Crippen LogP) is 1.97. The quantitative estimate of drug-likeness (QED) is 0.454. The number of nitrogens with one attached hydrogen (secondary N) is 2. The van der Waals surface area contributed by atoms with Crippen molar-refractivity contribution < 1.29 is 5.11 Å². The zero-order valence-corrected chi connectivity index (χ0v) is 11.1. The van der Waals surface area contributed by atoms with Gasteiger partial charge in [0.2, 0.25) is 0 Å². The number of thiocarbonyl (C=S) groups is 1. The second-order valence-electron chi connectivity index (χ2n) is 2.93. The van der Waals surface area contributed by atoms with Crippen molar-refractivity contribution in [3.63, 3.8) is 0 Å². The number of phenolic OH excluding ortho intramolecular Hbond substituents is 1. The van der Waals surface area contributed by atoms with Crippen LogP contribution in [0, 0.1) is 0 Å². The molecule has 1 rings (SSSR count). The molecule has 0 unspecified atom stereocenters. The van der Waals surface area contributed by atoms with Crippen molar-refractivity contribution in [2.24, 2.45) is 5.10 Å². The van der Waals surface area contributed by atoms with Gasteiger partial charge in [0.05, 0.1) is 6.21 Å². The van der Waals surface area contributed by atoms with Crippen molar-refractivity contribution in [1.82, 2.24) is 10.7 Å². The molecule has 0 fully saturated rings. The largest absolute Gasteiger partial charge is 0.507 e. The first-order valence-electron chi connectivity index (χ1n) is 4.69. The van der Waals surface area contributed by atoms with Crippen molar-refractivity contribution >= 4 is 39.5 Å². The van der Waals surface area contributed by atoms with Gasteiger partial charge in [-0.05, 0) is 37.3 Å². The van der Waals surface area contributed by atoms with E-state index in [-0.39, 0.29) is 5.75 Å². The van der Waals surface area contributed by atoms with Gasteiger partial charge in [0, 0.05) is 16.6 Å². The van der Waals surface area contributed by atoms with Gasteiger partial charge >= 0.3 is 0 Å². The molecule has 0 aliphatic heterocycles. The summed E-state index contributed by atoms with van der Waals surface area (Å²) in [6.45, 7) is 2.68. The zero-order valence-electron chi connectivity index (χ0n) is 8.70.